The van der Waals surface area contributed by atoms with Crippen LogP contribution < -0.4 is 10.6 Å². The van der Waals surface area contributed by atoms with Crippen molar-refractivity contribution >= 4 is 31.3 Å². The van der Waals surface area contributed by atoms with Gasteiger partial charge < -0.3 is 30.7 Å². The number of carbonyl (C=O) groups excluding carboxylic acids is 2. The molecule has 1 aromatic heterocycles. The predicted octanol–water partition coefficient (Wildman–Crippen LogP) is 0.344. The lowest BCUT2D eigenvalue weighted by Gasteiger charge is -2.30. The van der Waals surface area contributed by atoms with Crippen LogP contribution in [0.25, 0.3) is 0 Å². The number of hydrogen-bond donors (Lipinski definition) is 5. The zero-order chi connectivity index (χ0) is 26.5. The normalized spacial score (nSPS) is 17.1. The maximum Gasteiger partial charge on any atom is 0.432 e. The predicted molar refractivity (Wildman–Crippen MR) is 135 cm³/mol. The highest BCUT2D eigenvalue weighted by Crippen LogP contribution is 2.20. The Hall–Kier alpha value is -3.51. The van der Waals surface area contributed by atoms with Gasteiger partial charge in [-0.3, -0.25) is 14.6 Å². The second kappa shape index (κ2) is 14.8. The van der Waals surface area contributed by atoms with E-state index < -0.39 is 31.8 Å². The minimum absolute atomic E-state index is 0.0435. The number of likely N-dealkylation sites (tertiary alicyclic amines) is 1. The number of carboxylic acid groups (broad SMARTS) is 1. The third kappa shape index (κ3) is 8.31. The van der Waals surface area contributed by atoms with Crippen molar-refractivity contribution in [3.8, 4) is 0 Å². The molecule has 1 aliphatic rings. The van der Waals surface area contributed by atoms with E-state index in [1.54, 1.807) is 6.20 Å². The first-order valence-corrected chi connectivity index (χ1v) is 11.9. The van der Waals surface area contributed by atoms with Crippen molar-refractivity contribution in [3.63, 3.8) is 0 Å². The zero-order valence-corrected chi connectivity index (χ0v) is 20.6. The minimum atomic E-state index is -1.02. The molecule has 1 fully saturated rings. The lowest BCUT2D eigenvalue weighted by atomic mass is 9.97. The van der Waals surface area contributed by atoms with Gasteiger partial charge in [-0.25, -0.2) is 9.78 Å². The number of carbonyl (C=O) groups is 3. The lowest BCUT2D eigenvalue weighted by molar-refractivity contribution is -0.149. The second-order valence-electron chi connectivity index (χ2n) is 8.52. The Morgan fingerprint density at radius 1 is 1.19 bits per heavy atom. The van der Waals surface area contributed by atoms with Crippen molar-refractivity contribution in [2.45, 2.75) is 57.7 Å². The van der Waals surface area contributed by atoms with Crippen LogP contribution in [0, 0.1) is 5.92 Å². The Bertz CT molecular complexity index is 968. The van der Waals surface area contributed by atoms with E-state index in [1.165, 1.54) is 17.3 Å². The number of hydrogen-bond acceptors (Lipinski definition) is 8. The molecule has 3 unspecified atom stereocenters. The van der Waals surface area contributed by atoms with Crippen LogP contribution in [0.5, 0.6) is 0 Å². The Morgan fingerprint density at radius 3 is 2.47 bits per heavy atom. The smallest absolute Gasteiger partial charge is 0.432 e. The fraction of sp³-hybridized carbons (Fsp3) is 0.458. The number of anilines is 1. The van der Waals surface area contributed by atoms with Gasteiger partial charge in [0, 0.05) is 25.4 Å². The topological polar surface area (TPSA) is 165 Å². The molecule has 1 aliphatic heterocycles. The summed E-state index contributed by atoms with van der Waals surface area (Å²) in [6, 6.07) is 7.00. The second-order valence-corrected chi connectivity index (χ2v) is 8.52. The third-order valence-corrected chi connectivity index (χ3v) is 6.08. The molecule has 0 bridgehead atoms. The first kappa shape index (κ1) is 28.7. The fourth-order valence-corrected chi connectivity index (χ4v) is 4.03. The van der Waals surface area contributed by atoms with Crippen LogP contribution in [0.4, 0.5) is 5.82 Å². The maximum absolute atomic E-state index is 13.4. The van der Waals surface area contributed by atoms with E-state index in [4.69, 9.17) is 10.0 Å². The van der Waals surface area contributed by atoms with E-state index in [0.29, 0.717) is 25.2 Å². The van der Waals surface area contributed by atoms with E-state index in [9.17, 15) is 19.5 Å². The SMILES string of the molecule is CCC(C)C(Nc1cnccn1)C(=O)NC(Cc1ccccc1)C(=O)N1CCC[C@H]1C(=O)O.OBO. The lowest BCUT2D eigenvalue weighted by Crippen LogP contribution is -2.56. The number of rotatable bonds is 10. The summed E-state index contributed by atoms with van der Waals surface area (Å²) in [5.74, 6) is -1.31. The van der Waals surface area contributed by atoms with Gasteiger partial charge in [0.2, 0.25) is 11.8 Å². The molecule has 3 rings (SSSR count). The van der Waals surface area contributed by atoms with Crippen LogP contribution in [0.2, 0.25) is 0 Å². The summed E-state index contributed by atoms with van der Waals surface area (Å²) >= 11 is 0. The largest absolute Gasteiger partial charge is 0.480 e. The summed E-state index contributed by atoms with van der Waals surface area (Å²) in [7, 11) is -0.750. The third-order valence-electron chi connectivity index (χ3n) is 6.08. The van der Waals surface area contributed by atoms with Gasteiger partial charge >= 0.3 is 13.7 Å². The van der Waals surface area contributed by atoms with E-state index in [1.807, 2.05) is 44.2 Å². The molecule has 0 aliphatic carbocycles. The van der Waals surface area contributed by atoms with Gasteiger partial charge in [-0.05, 0) is 24.3 Å². The molecule has 4 atom stereocenters. The van der Waals surface area contributed by atoms with Crippen LogP contribution >= 0.6 is 0 Å². The van der Waals surface area contributed by atoms with Crippen LogP contribution in [0.1, 0.15) is 38.7 Å². The van der Waals surface area contributed by atoms with Gasteiger partial charge in [0.15, 0.2) is 0 Å². The summed E-state index contributed by atoms with van der Waals surface area (Å²) in [4.78, 5) is 48.1. The summed E-state index contributed by atoms with van der Waals surface area (Å²) in [6.07, 6.45) is 6.66. The fourth-order valence-electron chi connectivity index (χ4n) is 4.03. The highest BCUT2D eigenvalue weighted by Gasteiger charge is 2.38. The number of aliphatic carboxylic acids is 1. The van der Waals surface area contributed by atoms with Crippen LogP contribution in [-0.2, 0) is 20.8 Å². The molecule has 5 N–H and O–H groups in total. The van der Waals surface area contributed by atoms with Gasteiger partial charge in [-0.15, -0.1) is 0 Å². The molecule has 0 spiro atoms. The van der Waals surface area contributed by atoms with E-state index in [-0.39, 0.29) is 24.2 Å². The number of nitrogens with one attached hydrogen (secondary N) is 2. The Balaban J connectivity index is 0.00000145. The number of benzene rings is 1. The van der Waals surface area contributed by atoms with Gasteiger partial charge in [0.1, 0.15) is 23.9 Å². The summed E-state index contributed by atoms with van der Waals surface area (Å²) in [5.41, 5.74) is 0.879. The zero-order valence-electron chi connectivity index (χ0n) is 20.6. The molecule has 2 heterocycles. The van der Waals surface area contributed by atoms with Gasteiger partial charge in [0.25, 0.3) is 0 Å². The van der Waals surface area contributed by atoms with Crippen molar-refractivity contribution < 1.29 is 29.5 Å². The molecule has 1 aromatic carbocycles. The first-order chi connectivity index (χ1) is 17.3. The molecular formula is C24H34BN5O6. The highest BCUT2D eigenvalue weighted by molar-refractivity contribution is 6.13. The molecular weight excluding hydrogens is 465 g/mol. The molecule has 2 aromatic rings. The van der Waals surface area contributed by atoms with Crippen molar-refractivity contribution in [2.75, 3.05) is 11.9 Å². The average molecular weight is 499 g/mol. The van der Waals surface area contributed by atoms with Gasteiger partial charge in [-0.2, -0.15) is 0 Å². The molecule has 1 saturated heterocycles. The number of carboxylic acids is 1. The Labute approximate surface area is 211 Å². The van der Waals surface area contributed by atoms with E-state index >= 15 is 0 Å². The van der Waals surface area contributed by atoms with Crippen LogP contribution in [-0.4, -0.2) is 80.2 Å². The Kier molecular flexibility index (Phi) is 11.8. The monoisotopic (exact) mass is 499 g/mol. The molecule has 0 saturated carbocycles. The first-order valence-electron chi connectivity index (χ1n) is 11.9. The van der Waals surface area contributed by atoms with Gasteiger partial charge in [0.05, 0.1) is 6.20 Å². The van der Waals surface area contributed by atoms with Crippen LogP contribution in [0.3, 0.4) is 0 Å². The standard InChI is InChI=1S/C24H31N5O4.BH3O2/c1-3-16(2)21(28-20-15-25-11-12-26-20)22(30)27-18(14-17-8-5-4-6-9-17)23(31)29-13-7-10-19(29)24(32)33;2-1-3/h4-6,8-9,11-12,15-16,18-19,21H,3,7,10,13-14H2,1-2H3,(H,26,28)(H,27,30)(H,32,33);1-3H/t16?,18?,19-,21?;/m0./s1. The van der Waals surface area contributed by atoms with Crippen LogP contribution in [0.15, 0.2) is 48.9 Å². The van der Waals surface area contributed by atoms with Crippen molar-refractivity contribution in [2.24, 2.45) is 5.92 Å². The quantitative estimate of drug-likeness (QED) is 0.290. The molecule has 194 valence electrons. The van der Waals surface area contributed by atoms with Crippen molar-refractivity contribution in [1.82, 2.24) is 20.2 Å². The number of aromatic nitrogens is 2. The highest BCUT2D eigenvalue weighted by atomic mass is 16.4. The molecule has 0 radical (unpaired) electrons. The summed E-state index contributed by atoms with van der Waals surface area (Å²) in [6.45, 7) is 4.30. The van der Waals surface area contributed by atoms with E-state index in [0.717, 1.165) is 12.0 Å². The molecule has 11 nitrogen and oxygen atoms in total. The van der Waals surface area contributed by atoms with Crippen molar-refractivity contribution in [1.29, 1.82) is 0 Å². The minimum Gasteiger partial charge on any atom is -0.480 e. The molecule has 2 amide bonds. The number of nitrogens with zero attached hydrogens (tertiary/aromatic N) is 3. The number of amides is 2. The summed E-state index contributed by atoms with van der Waals surface area (Å²) < 4.78 is 0. The van der Waals surface area contributed by atoms with E-state index in [2.05, 4.69) is 20.6 Å². The van der Waals surface area contributed by atoms with Gasteiger partial charge in [-0.1, -0.05) is 50.6 Å². The average Bonchev–Trinajstić information content (AvgIpc) is 3.38. The molecule has 36 heavy (non-hydrogen) atoms. The van der Waals surface area contributed by atoms with Crippen molar-refractivity contribution in [3.05, 3.63) is 54.5 Å². The Morgan fingerprint density at radius 2 is 1.89 bits per heavy atom. The molecule has 12 heteroatoms. The maximum atomic E-state index is 13.4. The summed E-state index contributed by atoms with van der Waals surface area (Å²) in [5, 5.41) is 29.8.